The molecule has 10 heteroatoms. The van der Waals surface area contributed by atoms with Crippen molar-refractivity contribution in [1.29, 1.82) is 0 Å². The Bertz CT molecular complexity index is 1000. The molecule has 3 rings (SSSR count). The summed E-state index contributed by atoms with van der Waals surface area (Å²) in [6.45, 7) is 3.62. The molecule has 1 aliphatic rings. The number of hydrogen-bond acceptors (Lipinski definition) is 6. The molecule has 0 fully saturated rings. The Labute approximate surface area is 203 Å². The van der Waals surface area contributed by atoms with Crippen molar-refractivity contribution in [3.8, 4) is 11.5 Å². The summed E-state index contributed by atoms with van der Waals surface area (Å²) in [6, 6.07) is 10.3. The minimum Gasteiger partial charge on any atom is -0.488 e. The first-order valence-corrected chi connectivity index (χ1v) is 11.7. The summed E-state index contributed by atoms with van der Waals surface area (Å²) < 4.78 is 47.8. The molecule has 7 nitrogen and oxygen atoms in total. The summed E-state index contributed by atoms with van der Waals surface area (Å²) >= 11 is 0. The molecule has 2 aromatic rings. The monoisotopic (exact) mass is 494 g/mol. The third-order valence-electron chi connectivity index (χ3n) is 5.75. The molecule has 5 N–H and O–H groups in total. The number of nitrogens with one attached hydrogen (secondary N) is 1. The van der Waals surface area contributed by atoms with Crippen LogP contribution in [-0.2, 0) is 12.8 Å². The number of amides is 1. The van der Waals surface area contributed by atoms with Gasteiger partial charge in [-0.15, -0.1) is 0 Å². The number of primary amides is 1. The van der Waals surface area contributed by atoms with Gasteiger partial charge in [0.2, 0.25) is 0 Å². The number of alkyl halides is 3. The quantitative estimate of drug-likeness (QED) is 0.370. The van der Waals surface area contributed by atoms with Gasteiger partial charge in [-0.2, -0.15) is 13.2 Å². The zero-order chi connectivity index (χ0) is 25.4. The molecular formula is C25H33F3N4O3. The van der Waals surface area contributed by atoms with Crippen LogP contribution in [0.5, 0.6) is 11.5 Å². The lowest BCUT2D eigenvalue weighted by molar-refractivity contribution is -0.153. The summed E-state index contributed by atoms with van der Waals surface area (Å²) in [4.78, 5) is 14.3. The number of nitrogens with zero attached hydrogens (tertiary/aromatic N) is 1. The highest BCUT2D eigenvalue weighted by Gasteiger charge is 2.29. The third-order valence-corrected chi connectivity index (χ3v) is 5.75. The van der Waals surface area contributed by atoms with Crippen LogP contribution in [0.4, 0.5) is 18.9 Å². The fourth-order valence-corrected chi connectivity index (χ4v) is 4.24. The number of para-hydroxylation sites is 2. The first kappa shape index (κ1) is 26.6. The molecule has 1 amide bonds. The van der Waals surface area contributed by atoms with Gasteiger partial charge in [-0.05, 0) is 62.1 Å². The average Bonchev–Trinajstić information content (AvgIpc) is 3.21. The van der Waals surface area contributed by atoms with Gasteiger partial charge in [0.1, 0.15) is 6.61 Å². The summed E-state index contributed by atoms with van der Waals surface area (Å²) in [5.74, 6) is -0.131. The number of anilines is 1. The van der Waals surface area contributed by atoms with E-state index in [1.54, 1.807) is 18.2 Å². The van der Waals surface area contributed by atoms with E-state index in [2.05, 4.69) is 16.3 Å². The van der Waals surface area contributed by atoms with Crippen molar-refractivity contribution in [3.63, 3.8) is 0 Å². The Balaban J connectivity index is 1.53. The number of benzene rings is 2. The molecule has 1 atom stereocenters. The predicted molar refractivity (Wildman–Crippen MR) is 129 cm³/mol. The van der Waals surface area contributed by atoms with Crippen LogP contribution in [-0.4, -0.2) is 57.5 Å². The maximum atomic E-state index is 12.4. The Kier molecular flexibility index (Phi) is 9.22. The highest BCUT2D eigenvalue weighted by Crippen LogP contribution is 2.33. The second-order valence-electron chi connectivity index (χ2n) is 8.65. The maximum Gasteiger partial charge on any atom is 0.422 e. The van der Waals surface area contributed by atoms with E-state index in [9.17, 15) is 18.0 Å². The molecule has 0 saturated heterocycles. The molecule has 0 saturated carbocycles. The fraction of sp³-hybridized carbons (Fsp3) is 0.480. The van der Waals surface area contributed by atoms with E-state index in [1.165, 1.54) is 6.07 Å². The van der Waals surface area contributed by atoms with E-state index in [1.807, 2.05) is 13.0 Å². The van der Waals surface area contributed by atoms with Gasteiger partial charge in [-0.3, -0.25) is 4.79 Å². The number of fused-ring (bicyclic) bond motifs is 1. The molecule has 0 radical (unpaired) electrons. The second-order valence-corrected chi connectivity index (χ2v) is 8.65. The first-order chi connectivity index (χ1) is 16.7. The van der Waals surface area contributed by atoms with E-state index >= 15 is 0 Å². The van der Waals surface area contributed by atoms with Gasteiger partial charge in [0.15, 0.2) is 18.1 Å². The van der Waals surface area contributed by atoms with Gasteiger partial charge < -0.3 is 31.2 Å². The second kappa shape index (κ2) is 12.1. The van der Waals surface area contributed by atoms with E-state index in [0.29, 0.717) is 25.1 Å². The SMILES string of the molecule is CC(Cc1cc2c(c(C(N)=O)c1)N(CCCN)CC2)NCCOc1ccccc1OCC(F)(F)F. The number of ether oxygens (including phenoxy) is 2. The number of hydrogen-bond donors (Lipinski definition) is 3. The molecule has 0 bridgehead atoms. The molecule has 35 heavy (non-hydrogen) atoms. The summed E-state index contributed by atoms with van der Waals surface area (Å²) in [7, 11) is 0. The summed E-state index contributed by atoms with van der Waals surface area (Å²) in [5, 5.41) is 3.34. The van der Waals surface area contributed by atoms with E-state index in [0.717, 1.165) is 42.7 Å². The van der Waals surface area contributed by atoms with Crippen molar-refractivity contribution >= 4 is 11.6 Å². The molecule has 192 valence electrons. The van der Waals surface area contributed by atoms with Crippen LogP contribution in [0, 0.1) is 0 Å². The number of carbonyl (C=O) groups excluding carboxylic acids is 1. The lowest BCUT2D eigenvalue weighted by Crippen LogP contribution is -2.32. The van der Waals surface area contributed by atoms with Crippen LogP contribution < -0.4 is 31.2 Å². The predicted octanol–water partition coefficient (Wildman–Crippen LogP) is 3.04. The fourth-order valence-electron chi connectivity index (χ4n) is 4.24. The van der Waals surface area contributed by atoms with Gasteiger partial charge in [-0.25, -0.2) is 0 Å². The van der Waals surface area contributed by atoms with E-state index in [-0.39, 0.29) is 24.1 Å². The standard InChI is InChI=1S/C25H33F3N4O3/c1-17(31-9-12-34-21-5-2-3-6-22(21)35-16-25(26,27)28)13-18-14-19-7-11-32(10-4-8-29)23(19)20(15-18)24(30)33/h2-3,5-6,14-15,17,31H,4,7-13,16,29H2,1H3,(H2,30,33). The summed E-state index contributed by atoms with van der Waals surface area (Å²) in [5.41, 5.74) is 14.9. The van der Waals surface area contributed by atoms with Crippen LogP contribution in [0.25, 0.3) is 0 Å². The zero-order valence-electron chi connectivity index (χ0n) is 19.9. The normalized spacial score (nSPS) is 14.0. The van der Waals surface area contributed by atoms with Crippen LogP contribution >= 0.6 is 0 Å². The van der Waals surface area contributed by atoms with Crippen molar-refractivity contribution in [2.24, 2.45) is 11.5 Å². The molecule has 0 aromatic heterocycles. The molecule has 1 aliphatic heterocycles. The third kappa shape index (κ3) is 7.76. The highest BCUT2D eigenvalue weighted by atomic mass is 19.4. The van der Waals surface area contributed by atoms with Crippen molar-refractivity contribution in [2.45, 2.75) is 38.4 Å². The van der Waals surface area contributed by atoms with Crippen LogP contribution in [0.1, 0.15) is 34.8 Å². The van der Waals surface area contributed by atoms with Gasteiger partial charge in [0.25, 0.3) is 5.91 Å². The molecule has 1 heterocycles. The Morgan fingerprint density at radius 3 is 2.57 bits per heavy atom. The van der Waals surface area contributed by atoms with E-state index < -0.39 is 18.7 Å². The molecule has 0 aliphatic carbocycles. The number of rotatable bonds is 13. The molecular weight excluding hydrogens is 461 g/mol. The maximum absolute atomic E-state index is 12.4. The van der Waals surface area contributed by atoms with E-state index in [4.69, 9.17) is 20.9 Å². The lowest BCUT2D eigenvalue weighted by atomic mass is 9.98. The van der Waals surface area contributed by atoms with Crippen LogP contribution in [0.3, 0.4) is 0 Å². The Hall–Kier alpha value is -2.98. The van der Waals surface area contributed by atoms with Crippen LogP contribution in [0.2, 0.25) is 0 Å². The number of carbonyl (C=O) groups is 1. The van der Waals surface area contributed by atoms with Crippen molar-refractivity contribution in [3.05, 3.63) is 53.1 Å². The van der Waals surface area contributed by atoms with Crippen LogP contribution in [0.15, 0.2) is 36.4 Å². The van der Waals surface area contributed by atoms with Crippen molar-refractivity contribution in [1.82, 2.24) is 5.32 Å². The first-order valence-electron chi connectivity index (χ1n) is 11.7. The Morgan fingerprint density at radius 1 is 1.20 bits per heavy atom. The smallest absolute Gasteiger partial charge is 0.422 e. The van der Waals surface area contributed by atoms with Gasteiger partial charge in [0.05, 0.1) is 11.3 Å². The highest BCUT2D eigenvalue weighted by molar-refractivity contribution is 6.00. The minimum atomic E-state index is -4.42. The topological polar surface area (TPSA) is 103 Å². The van der Waals surface area contributed by atoms with Gasteiger partial charge in [-0.1, -0.05) is 18.2 Å². The lowest BCUT2D eigenvalue weighted by Gasteiger charge is -2.22. The molecule has 1 unspecified atom stereocenters. The summed E-state index contributed by atoms with van der Waals surface area (Å²) in [6.07, 6.45) is -2.03. The van der Waals surface area contributed by atoms with Crippen molar-refractivity contribution in [2.75, 3.05) is 44.3 Å². The average molecular weight is 495 g/mol. The molecule has 0 spiro atoms. The van der Waals surface area contributed by atoms with Gasteiger partial charge in [0, 0.05) is 25.7 Å². The largest absolute Gasteiger partial charge is 0.488 e. The minimum absolute atomic E-state index is 0.0514. The van der Waals surface area contributed by atoms with Gasteiger partial charge >= 0.3 is 6.18 Å². The number of nitrogens with two attached hydrogens (primary N) is 2. The Morgan fingerprint density at radius 2 is 1.91 bits per heavy atom. The molecule has 2 aromatic carbocycles. The van der Waals surface area contributed by atoms with Crippen molar-refractivity contribution < 1.29 is 27.4 Å². The zero-order valence-corrected chi connectivity index (χ0v) is 19.9. The number of halogens is 3.